The minimum Gasteiger partial charge on any atom is -0.348 e. The van der Waals surface area contributed by atoms with Gasteiger partial charge in [0, 0.05) is 43.0 Å². The number of ether oxygens (including phenoxy) is 1. The monoisotopic (exact) mass is 396 g/mol. The lowest BCUT2D eigenvalue weighted by Gasteiger charge is -2.44. The number of carbonyl (C=O) groups excluding carboxylic acids is 1. The average molecular weight is 397 g/mol. The van der Waals surface area contributed by atoms with E-state index in [0.29, 0.717) is 13.5 Å². The summed E-state index contributed by atoms with van der Waals surface area (Å²) in [6, 6.07) is 0.137. The predicted molar refractivity (Wildman–Crippen MR) is 97.4 cm³/mol. The SMILES string of the molecule is CC1C(C2CC=NN2C)C(=O)N(C)COCN1C1=CC(Br)=CCC1. The predicted octanol–water partition coefficient (Wildman–Crippen LogP) is 2.34. The molecule has 1 fully saturated rings. The quantitative estimate of drug-likeness (QED) is 0.718. The van der Waals surface area contributed by atoms with Crippen LogP contribution in [0.5, 0.6) is 0 Å². The van der Waals surface area contributed by atoms with Crippen LogP contribution in [0.2, 0.25) is 0 Å². The van der Waals surface area contributed by atoms with E-state index in [9.17, 15) is 4.79 Å². The summed E-state index contributed by atoms with van der Waals surface area (Å²) in [6.07, 6.45) is 9.00. The van der Waals surface area contributed by atoms with Crippen LogP contribution in [0.1, 0.15) is 26.2 Å². The summed E-state index contributed by atoms with van der Waals surface area (Å²) in [5, 5.41) is 6.28. The molecule has 3 unspecified atom stereocenters. The molecule has 2 heterocycles. The van der Waals surface area contributed by atoms with Crippen molar-refractivity contribution in [2.75, 3.05) is 27.6 Å². The molecule has 24 heavy (non-hydrogen) atoms. The fourth-order valence-corrected chi connectivity index (χ4v) is 4.21. The van der Waals surface area contributed by atoms with Gasteiger partial charge in [-0.1, -0.05) is 22.0 Å². The summed E-state index contributed by atoms with van der Waals surface area (Å²) in [5.74, 6) is -0.0162. The summed E-state index contributed by atoms with van der Waals surface area (Å²) < 4.78 is 6.87. The fourth-order valence-electron chi connectivity index (χ4n) is 3.72. The molecule has 1 aliphatic carbocycles. The van der Waals surface area contributed by atoms with Crippen molar-refractivity contribution in [2.45, 2.75) is 38.3 Å². The van der Waals surface area contributed by atoms with E-state index in [-0.39, 0.29) is 23.9 Å². The Labute approximate surface area is 151 Å². The molecule has 3 atom stereocenters. The molecule has 0 aromatic rings. The van der Waals surface area contributed by atoms with Gasteiger partial charge in [-0.2, -0.15) is 5.10 Å². The highest BCUT2D eigenvalue weighted by Gasteiger charge is 2.42. The Morgan fingerprint density at radius 3 is 2.79 bits per heavy atom. The number of hydrogen-bond donors (Lipinski definition) is 0. The maximum atomic E-state index is 13.0. The van der Waals surface area contributed by atoms with Crippen LogP contribution < -0.4 is 0 Å². The topological polar surface area (TPSA) is 48.4 Å². The van der Waals surface area contributed by atoms with E-state index in [1.54, 1.807) is 4.90 Å². The number of halogens is 1. The standard InChI is InChI=1S/C17H25BrN4O2/c1-12-16(15-7-8-19-21(15)3)17(23)20(2)10-24-11-22(12)14-6-4-5-13(18)9-14/h5,8-9,12,15-16H,4,6-7,10-11H2,1-3H3. The second kappa shape index (κ2) is 7.27. The molecule has 3 aliphatic rings. The maximum absolute atomic E-state index is 13.0. The third-order valence-electron chi connectivity index (χ3n) is 5.11. The van der Waals surface area contributed by atoms with Crippen LogP contribution in [0.3, 0.4) is 0 Å². The van der Waals surface area contributed by atoms with Gasteiger partial charge in [-0.3, -0.25) is 9.80 Å². The van der Waals surface area contributed by atoms with Crippen molar-refractivity contribution in [3.8, 4) is 0 Å². The molecule has 6 nitrogen and oxygen atoms in total. The van der Waals surface area contributed by atoms with Gasteiger partial charge in [0.1, 0.15) is 13.5 Å². The van der Waals surface area contributed by atoms with E-state index in [2.05, 4.69) is 45.0 Å². The number of rotatable bonds is 2. The number of hydrazone groups is 1. The second-order valence-corrected chi connectivity index (χ2v) is 7.59. The van der Waals surface area contributed by atoms with Crippen molar-refractivity contribution >= 4 is 28.1 Å². The van der Waals surface area contributed by atoms with Crippen LogP contribution in [0.15, 0.2) is 27.4 Å². The van der Waals surface area contributed by atoms with E-state index >= 15 is 0 Å². The smallest absolute Gasteiger partial charge is 0.231 e. The van der Waals surface area contributed by atoms with Gasteiger partial charge in [0.25, 0.3) is 0 Å². The lowest BCUT2D eigenvalue weighted by Crippen LogP contribution is -2.55. The summed E-state index contributed by atoms with van der Waals surface area (Å²) in [5.41, 5.74) is 1.22. The highest BCUT2D eigenvalue weighted by Crippen LogP contribution is 2.32. The van der Waals surface area contributed by atoms with Crippen LogP contribution in [-0.4, -0.2) is 66.6 Å². The van der Waals surface area contributed by atoms with Crippen molar-refractivity contribution < 1.29 is 9.53 Å². The minimum absolute atomic E-state index is 0.0408. The van der Waals surface area contributed by atoms with Crippen molar-refractivity contribution in [1.29, 1.82) is 0 Å². The molecule has 3 rings (SSSR count). The van der Waals surface area contributed by atoms with E-state index in [4.69, 9.17) is 4.74 Å². The zero-order valence-electron chi connectivity index (χ0n) is 14.5. The molecule has 0 saturated carbocycles. The molecular formula is C17H25BrN4O2. The normalized spacial score (nSPS) is 31.8. The van der Waals surface area contributed by atoms with Gasteiger partial charge in [-0.05, 0) is 25.8 Å². The molecule has 132 valence electrons. The zero-order chi connectivity index (χ0) is 17.3. The Morgan fingerprint density at radius 2 is 2.12 bits per heavy atom. The second-order valence-electron chi connectivity index (χ2n) is 6.67. The first-order valence-corrected chi connectivity index (χ1v) is 9.19. The van der Waals surface area contributed by atoms with E-state index in [0.717, 1.165) is 23.7 Å². The van der Waals surface area contributed by atoms with E-state index in [1.165, 1.54) is 5.70 Å². The van der Waals surface area contributed by atoms with Crippen molar-refractivity contribution in [1.82, 2.24) is 14.8 Å². The summed E-state index contributed by atoms with van der Waals surface area (Å²) in [4.78, 5) is 17.0. The molecule has 0 radical (unpaired) electrons. The minimum atomic E-state index is -0.142. The molecule has 0 aromatic heterocycles. The van der Waals surface area contributed by atoms with Crippen molar-refractivity contribution in [3.05, 3.63) is 22.3 Å². The molecule has 0 spiro atoms. The Morgan fingerprint density at radius 1 is 1.33 bits per heavy atom. The largest absolute Gasteiger partial charge is 0.348 e. The van der Waals surface area contributed by atoms with Gasteiger partial charge >= 0.3 is 0 Å². The van der Waals surface area contributed by atoms with Crippen LogP contribution in [0, 0.1) is 5.92 Å². The third-order valence-corrected chi connectivity index (χ3v) is 5.66. The van der Waals surface area contributed by atoms with Crippen molar-refractivity contribution in [2.24, 2.45) is 11.0 Å². The van der Waals surface area contributed by atoms with Gasteiger partial charge in [0.05, 0.1) is 12.0 Å². The molecule has 1 amide bonds. The molecule has 1 saturated heterocycles. The molecule has 2 aliphatic heterocycles. The molecule has 0 N–H and O–H groups in total. The van der Waals surface area contributed by atoms with Crippen LogP contribution in [0.25, 0.3) is 0 Å². The number of nitrogens with zero attached hydrogens (tertiary/aromatic N) is 4. The fraction of sp³-hybridized carbons (Fsp3) is 0.647. The van der Waals surface area contributed by atoms with Gasteiger partial charge < -0.3 is 14.5 Å². The Bertz CT molecular complexity index is 589. The molecule has 0 aromatic carbocycles. The van der Waals surface area contributed by atoms with Gasteiger partial charge in [-0.25, -0.2) is 0 Å². The number of hydrogen-bond acceptors (Lipinski definition) is 5. The summed E-state index contributed by atoms with van der Waals surface area (Å²) in [7, 11) is 3.76. The first-order chi connectivity index (χ1) is 11.5. The molecule has 0 bridgehead atoms. The first-order valence-electron chi connectivity index (χ1n) is 8.40. The number of amides is 1. The first kappa shape index (κ1) is 17.5. The zero-order valence-corrected chi connectivity index (χ0v) is 16.1. The lowest BCUT2D eigenvalue weighted by atomic mass is 9.87. The lowest BCUT2D eigenvalue weighted by molar-refractivity contribution is -0.152. The summed E-state index contributed by atoms with van der Waals surface area (Å²) in [6.45, 7) is 2.95. The Balaban J connectivity index is 1.90. The highest BCUT2D eigenvalue weighted by atomic mass is 79.9. The highest BCUT2D eigenvalue weighted by molar-refractivity contribution is 9.11. The van der Waals surface area contributed by atoms with Crippen LogP contribution >= 0.6 is 15.9 Å². The average Bonchev–Trinajstić information content (AvgIpc) is 2.96. The molecule has 7 heteroatoms. The molecular weight excluding hydrogens is 372 g/mol. The van der Waals surface area contributed by atoms with Crippen molar-refractivity contribution in [3.63, 3.8) is 0 Å². The van der Waals surface area contributed by atoms with Crippen LogP contribution in [-0.2, 0) is 9.53 Å². The summed E-state index contributed by atoms with van der Waals surface area (Å²) >= 11 is 3.58. The third kappa shape index (κ3) is 3.37. The Kier molecular flexibility index (Phi) is 5.30. The number of allylic oxidation sites excluding steroid dienone is 4. The number of carbonyl (C=O) groups is 1. The van der Waals surface area contributed by atoms with E-state index in [1.807, 2.05) is 25.3 Å². The Hall–Kier alpha value is -1.34. The van der Waals surface area contributed by atoms with Gasteiger partial charge in [-0.15, -0.1) is 0 Å². The van der Waals surface area contributed by atoms with Gasteiger partial charge in [0.2, 0.25) is 5.91 Å². The van der Waals surface area contributed by atoms with Crippen LogP contribution in [0.4, 0.5) is 0 Å². The van der Waals surface area contributed by atoms with Gasteiger partial charge in [0.15, 0.2) is 0 Å². The van der Waals surface area contributed by atoms with E-state index < -0.39 is 0 Å². The maximum Gasteiger partial charge on any atom is 0.231 e.